The fourth-order valence-corrected chi connectivity index (χ4v) is 2.77. The van der Waals surface area contributed by atoms with E-state index in [0.29, 0.717) is 12.1 Å². The number of hydrogen-bond donors (Lipinski definition) is 6. The third-order valence-corrected chi connectivity index (χ3v) is 4.19. The number of amides is 1. The first kappa shape index (κ1) is 19.7. The van der Waals surface area contributed by atoms with E-state index in [2.05, 4.69) is 5.32 Å². The molecule has 142 valence electrons. The molecule has 0 unspecified atom stereocenters. The number of carbonyl (C=O) groups is 3. The van der Waals surface area contributed by atoms with Crippen LogP contribution in [0.1, 0.15) is 31.1 Å². The molecule has 0 saturated heterocycles. The van der Waals surface area contributed by atoms with Gasteiger partial charge in [-0.05, 0) is 24.3 Å². The lowest BCUT2D eigenvalue weighted by Crippen LogP contribution is -2.15. The highest BCUT2D eigenvalue weighted by atomic mass is 32.2. The largest absolute Gasteiger partial charge is 0.508 e. The third-order valence-electron chi connectivity index (χ3n) is 3.32. The fraction of sp³-hybridized carbons (Fsp3) is 0. The Bertz CT molecular complexity index is 1070. The second-order valence-electron chi connectivity index (χ2n) is 5.14. The predicted octanol–water partition coefficient (Wildman–Crippen LogP) is 0.993. The molecule has 1 amide bonds. The second kappa shape index (κ2) is 6.93. The van der Waals surface area contributed by atoms with Crippen LogP contribution < -0.4 is 5.32 Å². The maximum absolute atomic E-state index is 12.2. The number of carboxylic acid groups (broad SMARTS) is 2. The van der Waals surface area contributed by atoms with Gasteiger partial charge >= 0.3 is 11.9 Å². The minimum Gasteiger partial charge on any atom is -0.508 e. The molecule has 2 rings (SSSR count). The molecule has 0 fully saturated rings. The molecule has 0 atom stereocenters. The van der Waals surface area contributed by atoms with Crippen LogP contribution in [-0.2, 0) is 10.1 Å². The van der Waals surface area contributed by atoms with Crippen molar-refractivity contribution in [2.24, 2.45) is 0 Å². The van der Waals surface area contributed by atoms with Crippen molar-refractivity contribution in [3.8, 4) is 11.5 Å². The molecule has 2 aromatic rings. The van der Waals surface area contributed by atoms with Crippen LogP contribution in [0.15, 0.2) is 35.2 Å². The minimum absolute atomic E-state index is 0.182. The van der Waals surface area contributed by atoms with Crippen molar-refractivity contribution in [3.05, 3.63) is 47.0 Å². The van der Waals surface area contributed by atoms with Crippen LogP contribution in [0.25, 0.3) is 0 Å². The van der Waals surface area contributed by atoms with Crippen molar-refractivity contribution >= 4 is 33.7 Å². The average molecular weight is 397 g/mol. The Kier molecular flexibility index (Phi) is 5.05. The molecule has 0 heterocycles. The summed E-state index contributed by atoms with van der Waals surface area (Å²) >= 11 is 0. The van der Waals surface area contributed by atoms with Crippen LogP contribution in [0.2, 0.25) is 0 Å². The van der Waals surface area contributed by atoms with Gasteiger partial charge in [0.15, 0.2) is 0 Å². The van der Waals surface area contributed by atoms with E-state index in [1.54, 1.807) is 0 Å². The van der Waals surface area contributed by atoms with E-state index < -0.39 is 61.0 Å². The molecule has 12 heteroatoms. The van der Waals surface area contributed by atoms with Gasteiger partial charge in [0.1, 0.15) is 16.4 Å². The lowest BCUT2D eigenvalue weighted by Gasteiger charge is -2.11. The van der Waals surface area contributed by atoms with Gasteiger partial charge in [-0.3, -0.25) is 9.35 Å². The quantitative estimate of drug-likeness (QED) is 0.312. The monoisotopic (exact) mass is 397 g/mol. The van der Waals surface area contributed by atoms with Gasteiger partial charge < -0.3 is 25.7 Å². The summed E-state index contributed by atoms with van der Waals surface area (Å²) in [4.78, 5) is 33.3. The molecule has 11 nitrogen and oxygen atoms in total. The lowest BCUT2D eigenvalue weighted by molar-refractivity contribution is 0.0651. The van der Waals surface area contributed by atoms with Gasteiger partial charge in [-0.2, -0.15) is 8.42 Å². The van der Waals surface area contributed by atoms with E-state index in [-0.39, 0.29) is 5.69 Å². The molecule has 27 heavy (non-hydrogen) atoms. The van der Waals surface area contributed by atoms with Gasteiger partial charge in [0.05, 0.1) is 16.7 Å². The van der Waals surface area contributed by atoms with Gasteiger partial charge in [0.25, 0.3) is 16.0 Å². The van der Waals surface area contributed by atoms with Crippen LogP contribution >= 0.6 is 0 Å². The Hall–Kier alpha value is -3.64. The number of anilines is 1. The topological polar surface area (TPSA) is 199 Å². The molecule has 0 aromatic heterocycles. The summed E-state index contributed by atoms with van der Waals surface area (Å²) < 4.78 is 31.4. The zero-order valence-electron chi connectivity index (χ0n) is 13.1. The van der Waals surface area contributed by atoms with Crippen molar-refractivity contribution in [1.29, 1.82) is 0 Å². The van der Waals surface area contributed by atoms with Crippen LogP contribution in [0.3, 0.4) is 0 Å². The van der Waals surface area contributed by atoms with Gasteiger partial charge in [0.2, 0.25) is 0 Å². The highest BCUT2D eigenvalue weighted by Crippen LogP contribution is 2.32. The van der Waals surface area contributed by atoms with E-state index in [4.69, 9.17) is 14.8 Å². The smallest absolute Gasteiger partial charge is 0.336 e. The van der Waals surface area contributed by atoms with E-state index in [9.17, 15) is 33.0 Å². The van der Waals surface area contributed by atoms with Crippen LogP contribution in [0.5, 0.6) is 11.5 Å². The Morgan fingerprint density at radius 1 is 0.852 bits per heavy atom. The Balaban J connectivity index is 2.47. The number of aromatic carboxylic acids is 2. The van der Waals surface area contributed by atoms with Gasteiger partial charge in [-0.25, -0.2) is 9.59 Å². The Morgan fingerprint density at radius 3 is 1.96 bits per heavy atom. The Morgan fingerprint density at radius 2 is 1.44 bits per heavy atom. The highest BCUT2D eigenvalue weighted by molar-refractivity contribution is 7.86. The van der Waals surface area contributed by atoms with Crippen LogP contribution in [0.4, 0.5) is 5.69 Å². The number of aromatic hydroxyl groups is 2. The van der Waals surface area contributed by atoms with Crippen LogP contribution in [0, 0.1) is 0 Å². The standard InChI is InChI=1S/C15H11NO10S/c17-7-4-10(12(18)11(5-7)27(24,25)26)13(19)16-6-1-2-8(14(20)21)9(3-6)15(22)23/h1-5,17-18H,(H,16,19)(H,20,21)(H,22,23)(H,24,25,26). The van der Waals surface area contributed by atoms with Gasteiger partial charge in [0, 0.05) is 11.8 Å². The van der Waals surface area contributed by atoms with Crippen molar-refractivity contribution in [1.82, 2.24) is 0 Å². The molecule has 0 radical (unpaired) electrons. The lowest BCUT2D eigenvalue weighted by atomic mass is 10.1. The van der Waals surface area contributed by atoms with Crippen LogP contribution in [-0.4, -0.2) is 51.2 Å². The number of nitrogens with one attached hydrogen (secondary N) is 1. The summed E-state index contributed by atoms with van der Waals surface area (Å²) in [6, 6.07) is 4.06. The molecule has 0 aliphatic carbocycles. The van der Waals surface area contributed by atoms with Gasteiger partial charge in [-0.15, -0.1) is 0 Å². The summed E-state index contributed by atoms with van der Waals surface area (Å²) in [6.45, 7) is 0. The average Bonchev–Trinajstić information content (AvgIpc) is 2.55. The highest BCUT2D eigenvalue weighted by Gasteiger charge is 2.24. The number of carboxylic acids is 2. The summed E-state index contributed by atoms with van der Waals surface area (Å²) in [6.07, 6.45) is 0. The first-order chi connectivity index (χ1) is 12.4. The maximum atomic E-state index is 12.2. The van der Waals surface area contributed by atoms with E-state index in [0.717, 1.165) is 18.2 Å². The summed E-state index contributed by atoms with van der Waals surface area (Å²) in [7, 11) is -4.95. The number of phenols is 2. The SMILES string of the molecule is O=C(O)c1ccc(NC(=O)c2cc(O)cc(S(=O)(=O)O)c2O)cc1C(=O)O. The zero-order valence-corrected chi connectivity index (χ0v) is 13.9. The first-order valence-corrected chi connectivity index (χ1v) is 8.31. The number of rotatable bonds is 5. The summed E-state index contributed by atoms with van der Waals surface area (Å²) in [5, 5.41) is 39.5. The Labute approximate surface area is 150 Å². The summed E-state index contributed by atoms with van der Waals surface area (Å²) in [5.74, 6) is -6.13. The molecule has 0 spiro atoms. The van der Waals surface area contributed by atoms with E-state index in [1.165, 1.54) is 0 Å². The van der Waals surface area contributed by atoms with E-state index in [1.807, 2.05) is 0 Å². The number of hydrogen-bond acceptors (Lipinski definition) is 7. The number of benzene rings is 2. The third kappa shape index (κ3) is 4.13. The van der Waals surface area contributed by atoms with Crippen molar-refractivity contribution in [2.45, 2.75) is 4.90 Å². The molecular weight excluding hydrogens is 386 g/mol. The second-order valence-corrected chi connectivity index (χ2v) is 6.53. The maximum Gasteiger partial charge on any atom is 0.336 e. The number of carbonyl (C=O) groups excluding carboxylic acids is 1. The molecule has 0 bridgehead atoms. The molecule has 2 aromatic carbocycles. The minimum atomic E-state index is -4.95. The van der Waals surface area contributed by atoms with Crippen molar-refractivity contribution in [2.75, 3.05) is 5.32 Å². The zero-order chi connectivity index (χ0) is 20.5. The van der Waals surface area contributed by atoms with Crippen molar-refractivity contribution in [3.63, 3.8) is 0 Å². The van der Waals surface area contributed by atoms with Crippen molar-refractivity contribution < 1.29 is 47.8 Å². The molecule has 0 aliphatic heterocycles. The van der Waals surface area contributed by atoms with E-state index >= 15 is 0 Å². The molecule has 6 N–H and O–H groups in total. The van der Waals surface area contributed by atoms with Gasteiger partial charge in [-0.1, -0.05) is 0 Å². The fourth-order valence-electron chi connectivity index (χ4n) is 2.15. The first-order valence-electron chi connectivity index (χ1n) is 6.87. The summed E-state index contributed by atoms with van der Waals surface area (Å²) in [5.41, 5.74) is -2.08. The predicted molar refractivity (Wildman–Crippen MR) is 87.9 cm³/mol. The normalized spacial score (nSPS) is 11.0. The molecule has 0 aliphatic rings. The molecule has 0 saturated carbocycles. The number of phenolic OH excluding ortho intramolecular Hbond substituents is 2. The molecular formula is C15H11NO10S.